The zero-order chi connectivity index (χ0) is 12.0. The first-order valence-electron chi connectivity index (χ1n) is 6.23. The van der Waals surface area contributed by atoms with E-state index in [1.54, 1.807) is 0 Å². The minimum Gasteiger partial charge on any atom is -0.317 e. The van der Waals surface area contributed by atoms with Crippen LogP contribution in [0.25, 0.3) is 0 Å². The Bertz CT molecular complexity index is 294. The summed E-state index contributed by atoms with van der Waals surface area (Å²) in [5, 5.41) is 4.65. The van der Waals surface area contributed by atoms with Crippen LogP contribution < -0.4 is 5.32 Å². The summed E-state index contributed by atoms with van der Waals surface area (Å²) in [5.74, 6) is 1.53. The van der Waals surface area contributed by atoms with Gasteiger partial charge in [-0.3, -0.25) is 0 Å². The molecule has 2 nitrogen and oxygen atoms in total. The molecule has 0 amide bonds. The van der Waals surface area contributed by atoms with E-state index in [0.717, 1.165) is 24.9 Å². The molecule has 3 heteroatoms. The number of nitrogens with zero attached hydrogens (tertiary/aromatic N) is 1. The Labute approximate surface area is 103 Å². The molecule has 1 aromatic rings. The summed E-state index contributed by atoms with van der Waals surface area (Å²) in [4.78, 5) is 5.76. The lowest BCUT2D eigenvalue weighted by Gasteiger charge is -2.18. The summed E-state index contributed by atoms with van der Waals surface area (Å²) >= 11 is 1.84. The van der Waals surface area contributed by atoms with Crippen LogP contribution in [0.5, 0.6) is 0 Å². The van der Waals surface area contributed by atoms with Crippen molar-refractivity contribution in [2.24, 2.45) is 11.8 Å². The van der Waals surface area contributed by atoms with Crippen molar-refractivity contribution in [3.05, 3.63) is 16.1 Å². The van der Waals surface area contributed by atoms with Crippen LogP contribution in [0.15, 0.2) is 6.20 Å². The van der Waals surface area contributed by atoms with Gasteiger partial charge in [0.15, 0.2) is 0 Å². The maximum Gasteiger partial charge on any atom is 0.0896 e. The van der Waals surface area contributed by atoms with Crippen LogP contribution in [0.4, 0.5) is 0 Å². The van der Waals surface area contributed by atoms with E-state index >= 15 is 0 Å². The van der Waals surface area contributed by atoms with E-state index in [0.29, 0.717) is 0 Å². The number of hydrogen-bond acceptors (Lipinski definition) is 3. The number of aryl methyl sites for hydroxylation is 1. The van der Waals surface area contributed by atoms with Gasteiger partial charge in [0.1, 0.15) is 0 Å². The van der Waals surface area contributed by atoms with E-state index in [2.05, 4.69) is 38.0 Å². The standard InChI is InChI=1S/C13H24N2S/c1-5-14-8-12(6-10(2)3)7-13-9-15-11(4)16-13/h9-10,12,14H,5-8H2,1-4H3. The van der Waals surface area contributed by atoms with E-state index in [9.17, 15) is 0 Å². The fourth-order valence-corrected chi connectivity index (χ4v) is 2.95. The third kappa shape index (κ3) is 5.08. The summed E-state index contributed by atoms with van der Waals surface area (Å²) < 4.78 is 0. The number of thiazole rings is 1. The van der Waals surface area contributed by atoms with E-state index in [4.69, 9.17) is 0 Å². The molecule has 0 saturated carbocycles. The molecule has 1 N–H and O–H groups in total. The van der Waals surface area contributed by atoms with E-state index in [1.165, 1.54) is 22.7 Å². The molecule has 0 radical (unpaired) electrons. The average molecular weight is 240 g/mol. The minimum absolute atomic E-state index is 0.750. The third-order valence-electron chi connectivity index (χ3n) is 2.65. The quantitative estimate of drug-likeness (QED) is 0.791. The van der Waals surface area contributed by atoms with Crippen LogP contribution in [-0.2, 0) is 6.42 Å². The van der Waals surface area contributed by atoms with Crippen molar-refractivity contribution >= 4 is 11.3 Å². The second kappa shape index (κ2) is 7.02. The molecule has 0 aliphatic carbocycles. The van der Waals surface area contributed by atoms with Gasteiger partial charge in [0.05, 0.1) is 5.01 Å². The average Bonchev–Trinajstić information content (AvgIpc) is 2.59. The summed E-state index contributed by atoms with van der Waals surface area (Å²) in [6, 6.07) is 0. The van der Waals surface area contributed by atoms with Crippen molar-refractivity contribution in [3.8, 4) is 0 Å². The highest BCUT2D eigenvalue weighted by atomic mass is 32.1. The maximum atomic E-state index is 4.33. The van der Waals surface area contributed by atoms with Gasteiger partial charge in [0.25, 0.3) is 0 Å². The zero-order valence-electron chi connectivity index (χ0n) is 10.9. The number of nitrogens with one attached hydrogen (secondary N) is 1. The molecule has 0 aromatic carbocycles. The van der Waals surface area contributed by atoms with Gasteiger partial charge >= 0.3 is 0 Å². The van der Waals surface area contributed by atoms with Crippen molar-refractivity contribution in [2.75, 3.05) is 13.1 Å². The molecule has 92 valence electrons. The lowest BCUT2D eigenvalue weighted by atomic mass is 9.93. The van der Waals surface area contributed by atoms with Gasteiger partial charge in [0.2, 0.25) is 0 Å². The first-order chi connectivity index (χ1) is 7.61. The highest BCUT2D eigenvalue weighted by Gasteiger charge is 2.12. The van der Waals surface area contributed by atoms with Gasteiger partial charge in [-0.1, -0.05) is 20.8 Å². The summed E-state index contributed by atoms with van der Waals surface area (Å²) in [7, 11) is 0. The van der Waals surface area contributed by atoms with Crippen LogP contribution in [0.2, 0.25) is 0 Å². The van der Waals surface area contributed by atoms with Crippen LogP contribution in [0.1, 0.15) is 37.1 Å². The highest BCUT2D eigenvalue weighted by Crippen LogP contribution is 2.20. The van der Waals surface area contributed by atoms with E-state index in [-0.39, 0.29) is 0 Å². The molecule has 0 aliphatic rings. The van der Waals surface area contributed by atoms with Crippen molar-refractivity contribution < 1.29 is 0 Å². The molecular weight excluding hydrogens is 216 g/mol. The normalized spacial score (nSPS) is 13.3. The topological polar surface area (TPSA) is 24.9 Å². The van der Waals surface area contributed by atoms with Crippen LogP contribution >= 0.6 is 11.3 Å². The van der Waals surface area contributed by atoms with Crippen LogP contribution in [-0.4, -0.2) is 18.1 Å². The SMILES string of the molecule is CCNCC(Cc1cnc(C)s1)CC(C)C. The molecule has 0 saturated heterocycles. The number of hydrogen-bond donors (Lipinski definition) is 1. The minimum atomic E-state index is 0.750. The van der Waals surface area contributed by atoms with Crippen molar-refractivity contribution in [1.82, 2.24) is 10.3 Å². The maximum absolute atomic E-state index is 4.33. The molecule has 16 heavy (non-hydrogen) atoms. The Hall–Kier alpha value is -0.410. The fourth-order valence-electron chi connectivity index (χ4n) is 2.04. The van der Waals surface area contributed by atoms with Gasteiger partial charge in [0, 0.05) is 11.1 Å². The van der Waals surface area contributed by atoms with Crippen molar-refractivity contribution in [3.63, 3.8) is 0 Å². The molecule has 0 spiro atoms. The first-order valence-corrected chi connectivity index (χ1v) is 7.05. The predicted octanol–water partition coefficient (Wildman–Crippen LogP) is 3.27. The Morgan fingerprint density at radius 1 is 1.44 bits per heavy atom. The lowest BCUT2D eigenvalue weighted by molar-refractivity contribution is 0.390. The molecule has 1 unspecified atom stereocenters. The van der Waals surface area contributed by atoms with Gasteiger partial charge in [-0.2, -0.15) is 0 Å². The molecule has 1 aromatic heterocycles. The van der Waals surface area contributed by atoms with Gasteiger partial charge < -0.3 is 5.32 Å². The monoisotopic (exact) mass is 240 g/mol. The molecule has 0 fully saturated rings. The zero-order valence-corrected chi connectivity index (χ0v) is 11.7. The predicted molar refractivity (Wildman–Crippen MR) is 72.0 cm³/mol. The highest BCUT2D eigenvalue weighted by molar-refractivity contribution is 7.11. The number of aromatic nitrogens is 1. The smallest absolute Gasteiger partial charge is 0.0896 e. The molecule has 0 bridgehead atoms. The molecule has 1 atom stereocenters. The first kappa shape index (κ1) is 13.7. The lowest BCUT2D eigenvalue weighted by Crippen LogP contribution is -2.25. The van der Waals surface area contributed by atoms with Crippen LogP contribution in [0.3, 0.4) is 0 Å². The fraction of sp³-hybridized carbons (Fsp3) is 0.769. The van der Waals surface area contributed by atoms with E-state index < -0.39 is 0 Å². The van der Waals surface area contributed by atoms with Gasteiger partial charge in [-0.05, 0) is 44.7 Å². The molecular formula is C13H24N2S. The Morgan fingerprint density at radius 2 is 2.19 bits per heavy atom. The third-order valence-corrected chi connectivity index (χ3v) is 3.58. The van der Waals surface area contributed by atoms with Crippen molar-refractivity contribution in [1.29, 1.82) is 0 Å². The molecule has 0 aliphatic heterocycles. The number of rotatable bonds is 7. The Balaban J connectivity index is 2.48. The molecule has 1 heterocycles. The largest absolute Gasteiger partial charge is 0.317 e. The summed E-state index contributed by atoms with van der Waals surface area (Å²) in [5.41, 5.74) is 0. The van der Waals surface area contributed by atoms with Gasteiger partial charge in [-0.15, -0.1) is 11.3 Å². The summed E-state index contributed by atoms with van der Waals surface area (Å²) in [6.07, 6.45) is 4.51. The van der Waals surface area contributed by atoms with Crippen LogP contribution in [0, 0.1) is 18.8 Å². The second-order valence-corrected chi connectivity index (χ2v) is 6.17. The van der Waals surface area contributed by atoms with E-state index in [1.807, 2.05) is 17.5 Å². The Morgan fingerprint density at radius 3 is 2.69 bits per heavy atom. The Kier molecular flexibility index (Phi) is 5.99. The van der Waals surface area contributed by atoms with Crippen molar-refractivity contribution in [2.45, 2.75) is 40.5 Å². The van der Waals surface area contributed by atoms with Gasteiger partial charge in [-0.25, -0.2) is 4.98 Å². The second-order valence-electron chi connectivity index (χ2n) is 4.85. The summed E-state index contributed by atoms with van der Waals surface area (Å²) in [6.45, 7) is 11.1. The molecule has 1 rings (SSSR count).